The Morgan fingerprint density at radius 3 is 2.32 bits per heavy atom. The first-order valence-corrected chi connectivity index (χ1v) is 7.09. The summed E-state index contributed by atoms with van der Waals surface area (Å²) in [6.45, 7) is 1.50. The molecule has 7 nitrogen and oxygen atoms in total. The van der Waals surface area contributed by atoms with E-state index in [0.29, 0.717) is 0 Å². The quantitative estimate of drug-likeness (QED) is 0.449. The number of ether oxygens (including phenoxy) is 2. The van der Waals surface area contributed by atoms with E-state index in [0.717, 1.165) is 12.1 Å². The fraction of sp³-hybridized carbons (Fsp3) is 0.455. The van der Waals surface area contributed by atoms with Gasteiger partial charge >= 0.3 is 0 Å². The Hall–Kier alpha value is -1.51. The molecule has 0 heterocycles. The zero-order valence-corrected chi connectivity index (χ0v) is 11.6. The van der Waals surface area contributed by atoms with Crippen molar-refractivity contribution in [2.75, 3.05) is 20.0 Å². The lowest BCUT2D eigenvalue weighted by molar-refractivity contribution is -0.385. The Bertz CT molecular complexity index is 565. The lowest BCUT2D eigenvalue weighted by Gasteiger charge is -2.17. The molecule has 0 atom stereocenters. The maximum Gasteiger partial charge on any atom is 0.269 e. The van der Waals surface area contributed by atoms with Gasteiger partial charge in [0.1, 0.15) is 0 Å². The number of nitro groups is 1. The summed E-state index contributed by atoms with van der Waals surface area (Å²) in [7, 11) is -0.862. The molecule has 0 spiro atoms. The Balaban J connectivity index is 3.51. The molecule has 19 heavy (non-hydrogen) atoms. The van der Waals surface area contributed by atoms with E-state index in [4.69, 9.17) is 9.47 Å². The molecule has 1 aromatic rings. The SMILES string of the molecule is CCS(=O)(=O)c1ccc([N+](=O)[O-])cc1C(OC)OC. The molecule has 8 heteroatoms. The number of rotatable bonds is 6. The van der Waals surface area contributed by atoms with E-state index in [1.165, 1.54) is 27.2 Å². The highest BCUT2D eigenvalue weighted by atomic mass is 32.2. The van der Waals surface area contributed by atoms with Gasteiger partial charge in [0.05, 0.1) is 15.6 Å². The molecule has 0 N–H and O–H groups in total. The molecule has 1 aromatic carbocycles. The lowest BCUT2D eigenvalue weighted by atomic mass is 10.2. The highest BCUT2D eigenvalue weighted by Crippen LogP contribution is 2.29. The molecule has 0 saturated carbocycles. The van der Waals surface area contributed by atoms with Crippen molar-refractivity contribution in [3.63, 3.8) is 0 Å². The number of hydrogen-bond acceptors (Lipinski definition) is 6. The number of benzene rings is 1. The zero-order valence-electron chi connectivity index (χ0n) is 10.8. The summed E-state index contributed by atoms with van der Waals surface area (Å²) >= 11 is 0. The van der Waals surface area contributed by atoms with Crippen LogP contribution >= 0.6 is 0 Å². The van der Waals surface area contributed by atoms with E-state index < -0.39 is 21.1 Å². The predicted octanol–water partition coefficient (Wildman–Crippen LogP) is 1.68. The first kappa shape index (κ1) is 15.5. The van der Waals surface area contributed by atoms with Crippen molar-refractivity contribution < 1.29 is 22.8 Å². The summed E-state index contributed by atoms with van der Waals surface area (Å²) in [4.78, 5) is 10.1. The summed E-state index contributed by atoms with van der Waals surface area (Å²) < 4.78 is 33.9. The molecule has 106 valence electrons. The molecule has 0 aliphatic carbocycles. The third kappa shape index (κ3) is 3.28. The van der Waals surface area contributed by atoms with Gasteiger partial charge in [0.2, 0.25) is 0 Å². The van der Waals surface area contributed by atoms with Gasteiger partial charge in [-0.15, -0.1) is 0 Å². The standard InChI is InChI=1S/C11H15NO6S/c1-4-19(15,16)10-6-5-8(12(13)14)7-9(10)11(17-2)18-3/h5-7,11H,4H2,1-3H3. The van der Waals surface area contributed by atoms with Crippen LogP contribution in [0.5, 0.6) is 0 Å². The van der Waals surface area contributed by atoms with Gasteiger partial charge in [-0.2, -0.15) is 0 Å². The minimum atomic E-state index is -3.52. The molecule has 0 amide bonds. The maximum absolute atomic E-state index is 12.0. The van der Waals surface area contributed by atoms with Crippen molar-refractivity contribution in [2.24, 2.45) is 0 Å². The van der Waals surface area contributed by atoms with Crippen LogP contribution in [0, 0.1) is 10.1 Å². The number of non-ortho nitro benzene ring substituents is 1. The average Bonchev–Trinajstić information content (AvgIpc) is 2.39. The molecule has 0 bridgehead atoms. The number of methoxy groups -OCH3 is 2. The largest absolute Gasteiger partial charge is 0.352 e. The topological polar surface area (TPSA) is 95.7 Å². The van der Waals surface area contributed by atoms with E-state index >= 15 is 0 Å². The van der Waals surface area contributed by atoms with Crippen molar-refractivity contribution in [1.82, 2.24) is 0 Å². The molecule has 0 aromatic heterocycles. The van der Waals surface area contributed by atoms with Crippen LogP contribution in [0.3, 0.4) is 0 Å². The van der Waals surface area contributed by atoms with Crippen LogP contribution in [0.15, 0.2) is 23.1 Å². The lowest BCUT2D eigenvalue weighted by Crippen LogP contribution is -2.13. The van der Waals surface area contributed by atoms with Crippen LogP contribution in [-0.4, -0.2) is 33.3 Å². The Labute approximate surface area is 111 Å². The molecule has 0 saturated heterocycles. The Morgan fingerprint density at radius 1 is 1.32 bits per heavy atom. The summed E-state index contributed by atoms with van der Waals surface area (Å²) in [5.74, 6) is -0.113. The molecular weight excluding hydrogens is 274 g/mol. The van der Waals surface area contributed by atoms with Crippen molar-refractivity contribution in [1.29, 1.82) is 0 Å². The highest BCUT2D eigenvalue weighted by Gasteiger charge is 2.25. The van der Waals surface area contributed by atoms with Gasteiger partial charge in [-0.25, -0.2) is 8.42 Å². The third-order valence-electron chi connectivity index (χ3n) is 2.60. The maximum atomic E-state index is 12.0. The van der Waals surface area contributed by atoms with E-state index in [9.17, 15) is 18.5 Å². The normalized spacial score (nSPS) is 11.8. The molecule has 1 rings (SSSR count). The van der Waals surface area contributed by atoms with Gasteiger partial charge < -0.3 is 9.47 Å². The molecular formula is C11H15NO6S. The second kappa shape index (κ2) is 6.09. The van der Waals surface area contributed by atoms with Crippen LogP contribution in [-0.2, 0) is 19.3 Å². The first-order valence-electron chi connectivity index (χ1n) is 5.44. The molecule has 0 aliphatic heterocycles. The van der Waals surface area contributed by atoms with Crippen molar-refractivity contribution in [2.45, 2.75) is 18.1 Å². The van der Waals surface area contributed by atoms with Gasteiger partial charge in [0.25, 0.3) is 5.69 Å². The second-order valence-corrected chi connectivity index (χ2v) is 5.93. The van der Waals surface area contributed by atoms with E-state index in [2.05, 4.69) is 0 Å². The third-order valence-corrected chi connectivity index (χ3v) is 4.40. The monoisotopic (exact) mass is 289 g/mol. The van der Waals surface area contributed by atoms with Gasteiger partial charge in [0, 0.05) is 31.9 Å². The van der Waals surface area contributed by atoms with Gasteiger partial charge in [-0.3, -0.25) is 10.1 Å². The fourth-order valence-corrected chi connectivity index (χ4v) is 2.72. The number of nitro benzene ring substituents is 1. The molecule has 0 fully saturated rings. The average molecular weight is 289 g/mol. The van der Waals surface area contributed by atoms with E-state index in [1.54, 1.807) is 0 Å². The van der Waals surface area contributed by atoms with Gasteiger partial charge in [-0.1, -0.05) is 6.92 Å². The first-order chi connectivity index (χ1) is 8.87. The zero-order chi connectivity index (χ0) is 14.6. The fourth-order valence-electron chi connectivity index (χ4n) is 1.62. The van der Waals surface area contributed by atoms with Crippen molar-refractivity contribution in [3.05, 3.63) is 33.9 Å². The van der Waals surface area contributed by atoms with Crippen LogP contribution in [0.4, 0.5) is 5.69 Å². The summed E-state index contributed by atoms with van der Waals surface area (Å²) in [6, 6.07) is 3.51. The number of sulfone groups is 1. The summed E-state index contributed by atoms with van der Waals surface area (Å²) in [5.41, 5.74) is -0.0924. The van der Waals surface area contributed by atoms with Crippen molar-refractivity contribution >= 4 is 15.5 Å². The number of nitrogens with zero attached hydrogens (tertiary/aromatic N) is 1. The van der Waals surface area contributed by atoms with E-state index in [1.807, 2.05) is 0 Å². The number of hydrogen-bond donors (Lipinski definition) is 0. The summed E-state index contributed by atoms with van der Waals surface area (Å²) in [5, 5.41) is 10.8. The van der Waals surface area contributed by atoms with Crippen LogP contribution in [0.2, 0.25) is 0 Å². The predicted molar refractivity (Wildman–Crippen MR) is 67.6 cm³/mol. The molecule has 0 unspecified atom stereocenters. The smallest absolute Gasteiger partial charge is 0.269 e. The van der Waals surface area contributed by atoms with Crippen molar-refractivity contribution in [3.8, 4) is 0 Å². The minimum absolute atomic E-state index is 0.0192. The Kier molecular flexibility index (Phi) is 4.98. The van der Waals surface area contributed by atoms with Gasteiger partial charge in [0.15, 0.2) is 16.1 Å². The second-order valence-electron chi connectivity index (χ2n) is 3.69. The summed E-state index contributed by atoms with van der Waals surface area (Å²) in [6.07, 6.45) is -0.976. The van der Waals surface area contributed by atoms with Crippen LogP contribution in [0.25, 0.3) is 0 Å². The highest BCUT2D eigenvalue weighted by molar-refractivity contribution is 7.91. The van der Waals surface area contributed by atoms with Crippen LogP contribution in [0.1, 0.15) is 18.8 Å². The minimum Gasteiger partial charge on any atom is -0.352 e. The van der Waals surface area contributed by atoms with E-state index in [-0.39, 0.29) is 21.9 Å². The van der Waals surface area contributed by atoms with Gasteiger partial charge in [-0.05, 0) is 6.07 Å². The molecule has 0 aliphatic rings. The Morgan fingerprint density at radius 2 is 1.89 bits per heavy atom. The molecule has 0 radical (unpaired) electrons. The van der Waals surface area contributed by atoms with Crippen LogP contribution < -0.4 is 0 Å².